The third-order valence-corrected chi connectivity index (χ3v) is 3.36. The Bertz CT molecular complexity index is 512. The minimum Gasteiger partial charge on any atom is -0.545 e. The maximum Gasteiger partial charge on any atom is 0.247 e. The van der Waals surface area contributed by atoms with E-state index in [9.17, 15) is 14.7 Å². The predicted octanol–water partition coefficient (Wildman–Crippen LogP) is -0.0290. The summed E-state index contributed by atoms with van der Waals surface area (Å²) in [5.74, 6) is -1.28. The zero-order valence-corrected chi connectivity index (χ0v) is 9.10. The molecule has 1 aromatic rings. The fourth-order valence-electron chi connectivity index (χ4n) is 2.56. The Morgan fingerprint density at radius 2 is 2.29 bits per heavy atom. The molecular formula is C12H11N2O3-. The Labute approximate surface area is 98.0 Å². The zero-order valence-electron chi connectivity index (χ0n) is 9.10. The van der Waals surface area contributed by atoms with Crippen molar-refractivity contribution < 1.29 is 14.7 Å². The summed E-state index contributed by atoms with van der Waals surface area (Å²) in [5, 5.41) is 13.5. The minimum atomic E-state index is -1.23. The molecule has 0 spiro atoms. The number of carbonyl (C=O) groups excluding carboxylic acids is 2. The van der Waals surface area contributed by atoms with Gasteiger partial charge in [-0.15, -0.1) is 0 Å². The molecule has 17 heavy (non-hydrogen) atoms. The third kappa shape index (κ3) is 1.46. The monoisotopic (exact) mass is 231 g/mol. The average molecular weight is 231 g/mol. The number of benzene rings is 1. The van der Waals surface area contributed by atoms with Crippen LogP contribution in [0.4, 0.5) is 11.4 Å². The van der Waals surface area contributed by atoms with Crippen molar-refractivity contribution in [1.29, 1.82) is 0 Å². The van der Waals surface area contributed by atoms with E-state index in [0.29, 0.717) is 5.69 Å². The molecule has 0 bridgehead atoms. The highest BCUT2D eigenvalue weighted by atomic mass is 16.4. The lowest BCUT2D eigenvalue weighted by atomic mass is 10.1. The van der Waals surface area contributed by atoms with E-state index in [-0.39, 0.29) is 17.5 Å². The van der Waals surface area contributed by atoms with E-state index in [0.717, 1.165) is 25.1 Å². The van der Waals surface area contributed by atoms with Gasteiger partial charge in [0.05, 0.1) is 17.3 Å². The normalized spacial score (nSPS) is 21.8. The molecule has 0 saturated carbocycles. The molecule has 88 valence electrons. The van der Waals surface area contributed by atoms with Gasteiger partial charge in [-0.1, -0.05) is 6.07 Å². The Morgan fingerprint density at radius 1 is 1.47 bits per heavy atom. The smallest absolute Gasteiger partial charge is 0.247 e. The van der Waals surface area contributed by atoms with Crippen molar-refractivity contribution in [3.05, 3.63) is 23.8 Å². The molecule has 0 aromatic heterocycles. The first-order chi connectivity index (χ1) is 8.16. The van der Waals surface area contributed by atoms with Crippen LogP contribution in [0.25, 0.3) is 0 Å². The van der Waals surface area contributed by atoms with E-state index < -0.39 is 5.97 Å². The van der Waals surface area contributed by atoms with Crippen LogP contribution in [0.5, 0.6) is 0 Å². The number of fused-ring (bicyclic) bond motifs is 3. The maximum atomic E-state index is 11.8. The van der Waals surface area contributed by atoms with Gasteiger partial charge in [-0.2, -0.15) is 0 Å². The van der Waals surface area contributed by atoms with Gasteiger partial charge in [-0.05, 0) is 30.5 Å². The van der Waals surface area contributed by atoms with Crippen molar-refractivity contribution in [2.75, 3.05) is 16.8 Å². The van der Waals surface area contributed by atoms with Crippen LogP contribution in [-0.2, 0) is 4.79 Å². The largest absolute Gasteiger partial charge is 0.545 e. The summed E-state index contributed by atoms with van der Waals surface area (Å²) in [4.78, 5) is 24.6. The van der Waals surface area contributed by atoms with Crippen LogP contribution in [-0.4, -0.2) is 24.5 Å². The number of nitrogens with zero attached hydrogens (tertiary/aromatic N) is 1. The molecule has 1 aromatic carbocycles. The summed E-state index contributed by atoms with van der Waals surface area (Å²) in [7, 11) is 0. The molecule has 0 radical (unpaired) electrons. The number of aromatic carboxylic acids is 1. The van der Waals surface area contributed by atoms with E-state index in [1.165, 1.54) is 12.1 Å². The molecular weight excluding hydrogens is 220 g/mol. The summed E-state index contributed by atoms with van der Waals surface area (Å²) < 4.78 is 0. The van der Waals surface area contributed by atoms with Gasteiger partial charge in [-0.3, -0.25) is 4.79 Å². The highest BCUT2D eigenvalue weighted by Crippen LogP contribution is 2.36. The maximum absolute atomic E-state index is 11.8. The topological polar surface area (TPSA) is 72.5 Å². The number of rotatable bonds is 1. The molecule has 1 atom stereocenters. The first-order valence-electron chi connectivity index (χ1n) is 5.60. The summed E-state index contributed by atoms with van der Waals surface area (Å²) in [6.07, 6.45) is 1.84. The van der Waals surface area contributed by atoms with Crippen molar-refractivity contribution >= 4 is 23.3 Å². The second kappa shape index (κ2) is 3.48. The van der Waals surface area contributed by atoms with Crippen LogP contribution < -0.4 is 15.3 Å². The van der Waals surface area contributed by atoms with Crippen molar-refractivity contribution in [3.8, 4) is 0 Å². The van der Waals surface area contributed by atoms with Crippen LogP contribution in [0.3, 0.4) is 0 Å². The number of hydrogen-bond donors (Lipinski definition) is 1. The molecule has 3 rings (SSSR count). The fraction of sp³-hybridized carbons (Fsp3) is 0.333. The van der Waals surface area contributed by atoms with Gasteiger partial charge in [-0.25, -0.2) is 0 Å². The Hall–Kier alpha value is -2.04. The summed E-state index contributed by atoms with van der Waals surface area (Å²) in [6, 6.07) is 4.60. The predicted molar refractivity (Wildman–Crippen MR) is 59.8 cm³/mol. The molecule has 0 unspecified atom stereocenters. The van der Waals surface area contributed by atoms with Gasteiger partial charge in [0.2, 0.25) is 5.91 Å². The Kier molecular flexibility index (Phi) is 2.07. The number of hydrogen-bond acceptors (Lipinski definition) is 4. The lowest BCUT2D eigenvalue weighted by Gasteiger charge is -2.33. The van der Waals surface area contributed by atoms with Gasteiger partial charge in [0, 0.05) is 6.54 Å². The lowest BCUT2D eigenvalue weighted by Crippen LogP contribution is -2.44. The molecule has 1 amide bonds. The van der Waals surface area contributed by atoms with E-state index in [1.54, 1.807) is 6.07 Å². The van der Waals surface area contributed by atoms with E-state index >= 15 is 0 Å². The van der Waals surface area contributed by atoms with Gasteiger partial charge < -0.3 is 20.1 Å². The van der Waals surface area contributed by atoms with E-state index in [4.69, 9.17) is 0 Å². The number of carbonyl (C=O) groups is 2. The highest BCUT2D eigenvalue weighted by molar-refractivity contribution is 6.05. The van der Waals surface area contributed by atoms with Gasteiger partial charge >= 0.3 is 0 Å². The second-order valence-electron chi connectivity index (χ2n) is 4.36. The SMILES string of the molecule is O=C([O-])c1ccc2c(c1)NC(=O)[C@@H]1CCCN21. The molecule has 1 saturated heterocycles. The Morgan fingerprint density at radius 3 is 3.06 bits per heavy atom. The number of carboxylic acids is 1. The number of amides is 1. The fourth-order valence-corrected chi connectivity index (χ4v) is 2.56. The minimum absolute atomic E-state index is 0.0505. The summed E-state index contributed by atoms with van der Waals surface area (Å²) in [6.45, 7) is 0.843. The number of anilines is 2. The van der Waals surface area contributed by atoms with Crippen molar-refractivity contribution in [3.63, 3.8) is 0 Å². The lowest BCUT2D eigenvalue weighted by molar-refractivity contribution is -0.255. The van der Waals surface area contributed by atoms with Crippen LogP contribution in [0, 0.1) is 0 Å². The van der Waals surface area contributed by atoms with Gasteiger partial charge in [0.15, 0.2) is 0 Å². The molecule has 0 aliphatic carbocycles. The van der Waals surface area contributed by atoms with Crippen LogP contribution in [0.2, 0.25) is 0 Å². The highest BCUT2D eigenvalue weighted by Gasteiger charge is 2.36. The second-order valence-corrected chi connectivity index (χ2v) is 4.36. The molecule has 5 nitrogen and oxygen atoms in total. The molecule has 2 aliphatic heterocycles. The van der Waals surface area contributed by atoms with Crippen LogP contribution in [0.1, 0.15) is 23.2 Å². The molecule has 5 heteroatoms. The standard InChI is InChI=1S/C12H12N2O3/c15-11-10-2-1-5-14(10)9-4-3-7(12(16)17)6-8(9)13-11/h3-4,6,10H,1-2,5H2,(H,13,15)(H,16,17)/p-1/t10-/m0/s1. The molecule has 1 N–H and O–H groups in total. The van der Waals surface area contributed by atoms with Gasteiger partial charge in [0.1, 0.15) is 6.04 Å². The van der Waals surface area contributed by atoms with Crippen molar-refractivity contribution in [2.45, 2.75) is 18.9 Å². The summed E-state index contributed by atoms with van der Waals surface area (Å²) in [5.41, 5.74) is 1.55. The first kappa shape index (κ1) is 10.1. The first-order valence-corrected chi connectivity index (χ1v) is 5.60. The van der Waals surface area contributed by atoms with E-state index in [1.807, 2.05) is 4.90 Å². The van der Waals surface area contributed by atoms with Crippen molar-refractivity contribution in [2.24, 2.45) is 0 Å². The molecule has 1 fully saturated rings. The third-order valence-electron chi connectivity index (χ3n) is 3.36. The van der Waals surface area contributed by atoms with Crippen LogP contribution in [0.15, 0.2) is 18.2 Å². The quantitative estimate of drug-likeness (QED) is 0.736. The Balaban J connectivity index is 2.07. The number of carboxylic acid groups (broad SMARTS) is 1. The molecule has 2 heterocycles. The summed E-state index contributed by atoms with van der Waals surface area (Å²) >= 11 is 0. The number of nitrogens with one attached hydrogen (secondary N) is 1. The van der Waals surface area contributed by atoms with Gasteiger partial charge in [0.25, 0.3) is 0 Å². The van der Waals surface area contributed by atoms with Crippen molar-refractivity contribution in [1.82, 2.24) is 0 Å². The van der Waals surface area contributed by atoms with E-state index in [2.05, 4.69) is 5.32 Å². The molecule has 2 aliphatic rings. The van der Waals surface area contributed by atoms with Crippen LogP contribution >= 0.6 is 0 Å². The average Bonchev–Trinajstić information content (AvgIpc) is 2.78. The zero-order chi connectivity index (χ0) is 12.0.